The lowest BCUT2D eigenvalue weighted by atomic mass is 9.97. The van der Waals surface area contributed by atoms with E-state index >= 15 is 0 Å². The van der Waals surface area contributed by atoms with E-state index in [1.807, 2.05) is 26.1 Å². The zero-order valence-corrected chi connectivity index (χ0v) is 20.5. The van der Waals surface area contributed by atoms with Gasteiger partial charge in [-0.3, -0.25) is 19.3 Å². The van der Waals surface area contributed by atoms with Crippen LogP contribution in [-0.4, -0.2) is 38.7 Å². The molecule has 2 N–H and O–H groups in total. The quantitative estimate of drug-likeness (QED) is 0.541. The number of aliphatic imine (C=N–C) groups is 1. The van der Waals surface area contributed by atoms with Crippen molar-refractivity contribution in [2.45, 2.75) is 47.1 Å². The van der Waals surface area contributed by atoms with Crippen molar-refractivity contribution in [1.29, 1.82) is 0 Å². The number of aryl methyl sites for hydroxylation is 1. The largest absolute Gasteiger partial charge is 0.404 e. The van der Waals surface area contributed by atoms with Gasteiger partial charge in [0.1, 0.15) is 5.82 Å². The molecular formula is C26H34N6O. The van der Waals surface area contributed by atoms with Gasteiger partial charge in [0.25, 0.3) is 5.56 Å². The maximum Gasteiger partial charge on any atom is 0.253 e. The highest BCUT2D eigenvalue weighted by atomic mass is 16.1. The Morgan fingerprint density at radius 1 is 1.30 bits per heavy atom. The molecule has 1 aliphatic heterocycles. The van der Waals surface area contributed by atoms with E-state index in [1.54, 1.807) is 30.9 Å². The highest BCUT2D eigenvalue weighted by molar-refractivity contribution is 6.22. The van der Waals surface area contributed by atoms with E-state index in [2.05, 4.69) is 40.9 Å². The minimum atomic E-state index is -0.0530. The van der Waals surface area contributed by atoms with Crippen molar-refractivity contribution in [2.24, 2.45) is 17.8 Å². The number of hydrogen-bond acceptors (Lipinski definition) is 6. The van der Waals surface area contributed by atoms with E-state index in [4.69, 9.17) is 10.7 Å². The Hall–Kier alpha value is -3.48. The second-order valence-corrected chi connectivity index (χ2v) is 8.37. The SMILES string of the molecule is CC/C=C(/C(C)=C\c1nc(C)cc(=O)n1C)N1CCc2ncc(/C(=C/N)C(C)=NC)cc2C1. The molecule has 0 bridgehead atoms. The summed E-state index contributed by atoms with van der Waals surface area (Å²) in [4.78, 5) is 28.1. The Labute approximate surface area is 196 Å². The molecule has 0 spiro atoms. The van der Waals surface area contributed by atoms with Crippen molar-refractivity contribution in [3.63, 3.8) is 0 Å². The van der Waals surface area contributed by atoms with E-state index in [9.17, 15) is 4.79 Å². The van der Waals surface area contributed by atoms with Gasteiger partial charge in [0.05, 0.1) is 0 Å². The lowest BCUT2D eigenvalue weighted by molar-refractivity contribution is 0.324. The molecule has 7 nitrogen and oxygen atoms in total. The van der Waals surface area contributed by atoms with Gasteiger partial charge in [-0.05, 0) is 50.5 Å². The molecule has 2 aromatic heterocycles. The average molecular weight is 447 g/mol. The molecule has 33 heavy (non-hydrogen) atoms. The molecule has 0 unspecified atom stereocenters. The molecule has 1 aliphatic rings. The number of fused-ring (bicyclic) bond motifs is 1. The molecule has 0 amide bonds. The summed E-state index contributed by atoms with van der Waals surface area (Å²) in [7, 11) is 3.52. The van der Waals surface area contributed by atoms with Gasteiger partial charge in [0, 0.05) is 86.0 Å². The van der Waals surface area contributed by atoms with Crippen LogP contribution in [0.5, 0.6) is 0 Å². The highest BCUT2D eigenvalue weighted by Crippen LogP contribution is 2.27. The fraction of sp³-hybridized carbons (Fsp3) is 0.385. The predicted molar refractivity (Wildman–Crippen MR) is 136 cm³/mol. The zero-order chi connectivity index (χ0) is 24.1. The zero-order valence-electron chi connectivity index (χ0n) is 20.5. The van der Waals surface area contributed by atoms with Gasteiger partial charge in [-0.1, -0.05) is 13.0 Å². The maximum absolute atomic E-state index is 12.2. The van der Waals surface area contributed by atoms with Crippen molar-refractivity contribution < 1.29 is 0 Å². The van der Waals surface area contributed by atoms with E-state index in [-0.39, 0.29) is 5.56 Å². The van der Waals surface area contributed by atoms with Crippen molar-refractivity contribution in [1.82, 2.24) is 19.4 Å². The number of pyridine rings is 1. The molecule has 2 aromatic rings. The minimum Gasteiger partial charge on any atom is -0.404 e. The average Bonchev–Trinajstić information content (AvgIpc) is 2.80. The lowest BCUT2D eigenvalue weighted by Crippen LogP contribution is -2.31. The van der Waals surface area contributed by atoms with Gasteiger partial charge in [-0.15, -0.1) is 0 Å². The van der Waals surface area contributed by atoms with Gasteiger partial charge in [0.2, 0.25) is 0 Å². The van der Waals surface area contributed by atoms with Gasteiger partial charge in [0.15, 0.2) is 0 Å². The fourth-order valence-electron chi connectivity index (χ4n) is 4.13. The number of allylic oxidation sites excluding steroid dienone is 3. The van der Waals surface area contributed by atoms with Gasteiger partial charge in [-0.2, -0.15) is 0 Å². The molecule has 3 heterocycles. The Morgan fingerprint density at radius 2 is 2.06 bits per heavy atom. The second kappa shape index (κ2) is 10.4. The topological polar surface area (TPSA) is 89.4 Å². The first-order valence-corrected chi connectivity index (χ1v) is 11.3. The molecule has 174 valence electrons. The van der Waals surface area contributed by atoms with Crippen LogP contribution < -0.4 is 11.3 Å². The molecule has 0 saturated carbocycles. The molecule has 3 rings (SSSR count). The van der Waals surface area contributed by atoms with Crippen LogP contribution in [0.25, 0.3) is 11.6 Å². The summed E-state index contributed by atoms with van der Waals surface area (Å²) >= 11 is 0. The van der Waals surface area contributed by atoms with Crippen molar-refractivity contribution in [3.05, 3.63) is 80.6 Å². The van der Waals surface area contributed by atoms with Crippen molar-refractivity contribution in [2.75, 3.05) is 13.6 Å². The number of rotatable bonds is 6. The molecule has 7 heteroatoms. The Morgan fingerprint density at radius 3 is 2.73 bits per heavy atom. The number of hydrogen-bond donors (Lipinski definition) is 1. The molecule has 0 saturated heterocycles. The predicted octanol–water partition coefficient (Wildman–Crippen LogP) is 3.63. The number of nitrogens with zero attached hydrogens (tertiary/aromatic N) is 5. The van der Waals surface area contributed by atoms with Gasteiger partial charge < -0.3 is 10.6 Å². The Kier molecular flexibility index (Phi) is 7.63. The number of aromatic nitrogens is 3. The van der Waals surface area contributed by atoms with E-state index in [0.29, 0.717) is 5.82 Å². The van der Waals surface area contributed by atoms with E-state index in [0.717, 1.165) is 65.4 Å². The van der Waals surface area contributed by atoms with Crippen molar-refractivity contribution >= 4 is 17.4 Å². The van der Waals surface area contributed by atoms with E-state index in [1.165, 1.54) is 5.56 Å². The van der Waals surface area contributed by atoms with Crippen LogP contribution in [0, 0.1) is 6.92 Å². The smallest absolute Gasteiger partial charge is 0.253 e. The van der Waals surface area contributed by atoms with Crippen LogP contribution in [0.1, 0.15) is 55.5 Å². The van der Waals surface area contributed by atoms with Crippen molar-refractivity contribution in [3.8, 4) is 0 Å². The number of nitrogens with two attached hydrogens (primary N) is 1. The highest BCUT2D eigenvalue weighted by Gasteiger charge is 2.21. The van der Waals surface area contributed by atoms with Crippen LogP contribution in [-0.2, 0) is 20.0 Å². The molecule has 0 radical (unpaired) electrons. The molecule has 0 fully saturated rings. The third-order valence-electron chi connectivity index (χ3n) is 6.03. The van der Waals surface area contributed by atoms with Crippen LogP contribution in [0.4, 0.5) is 0 Å². The summed E-state index contributed by atoms with van der Waals surface area (Å²) < 4.78 is 1.58. The molecule has 0 aromatic carbocycles. The summed E-state index contributed by atoms with van der Waals surface area (Å²) in [6.07, 6.45) is 9.50. The monoisotopic (exact) mass is 446 g/mol. The Balaban J connectivity index is 1.96. The Bertz CT molecular complexity index is 1220. The van der Waals surface area contributed by atoms with Crippen LogP contribution in [0.2, 0.25) is 0 Å². The third-order valence-corrected chi connectivity index (χ3v) is 6.03. The summed E-state index contributed by atoms with van der Waals surface area (Å²) in [6.45, 7) is 9.65. The summed E-state index contributed by atoms with van der Waals surface area (Å²) in [5.41, 5.74) is 13.9. The summed E-state index contributed by atoms with van der Waals surface area (Å²) in [5, 5.41) is 0. The van der Waals surface area contributed by atoms with E-state index < -0.39 is 0 Å². The fourth-order valence-corrected chi connectivity index (χ4v) is 4.13. The first kappa shape index (κ1) is 24.2. The minimum absolute atomic E-state index is 0.0530. The summed E-state index contributed by atoms with van der Waals surface area (Å²) in [6, 6.07) is 3.73. The molecular weight excluding hydrogens is 412 g/mol. The van der Waals surface area contributed by atoms with Gasteiger partial charge >= 0.3 is 0 Å². The molecule has 0 aliphatic carbocycles. The first-order chi connectivity index (χ1) is 15.8. The standard InChI is InChI=1S/C26H34N6O/c1-7-8-24(17(2)11-25-30-18(3)12-26(33)31(25)6)32-10-9-23-21(16-32)13-20(15-29-23)22(14-27)19(4)28-5/h8,11-15H,7,9-10,16,27H2,1-6H3/b17-11-,22-14+,24-8-,28-19?. The third kappa shape index (κ3) is 5.30. The lowest BCUT2D eigenvalue weighted by Gasteiger charge is -2.33. The second-order valence-electron chi connectivity index (χ2n) is 8.37. The maximum atomic E-state index is 12.2. The van der Waals surface area contributed by atoms with Gasteiger partial charge in [-0.25, -0.2) is 4.98 Å². The van der Waals surface area contributed by atoms with Crippen LogP contribution in [0.3, 0.4) is 0 Å². The summed E-state index contributed by atoms with van der Waals surface area (Å²) in [5.74, 6) is 0.660. The molecule has 0 atom stereocenters. The van der Waals surface area contributed by atoms with Crippen LogP contribution >= 0.6 is 0 Å². The normalized spacial score (nSPS) is 15.6. The van der Waals surface area contributed by atoms with Crippen LogP contribution in [0.15, 0.2) is 51.7 Å². The first-order valence-electron chi connectivity index (χ1n) is 11.3.